The number of rotatable bonds is 9. The summed E-state index contributed by atoms with van der Waals surface area (Å²) >= 11 is 0. The Hall–Kier alpha value is -2.13. The molecule has 7 nitrogen and oxygen atoms in total. The summed E-state index contributed by atoms with van der Waals surface area (Å²) in [5, 5.41) is 2.62. The normalized spacial score (nSPS) is 10.7. The molecule has 0 aliphatic carbocycles. The topological polar surface area (TPSA) is 111 Å². The lowest BCUT2D eigenvalue weighted by molar-refractivity contribution is -0.118. The first kappa shape index (κ1) is 22.9. The van der Waals surface area contributed by atoms with Crippen LogP contribution >= 0.6 is 12.4 Å². The van der Waals surface area contributed by atoms with E-state index in [2.05, 4.69) is 17.0 Å². The van der Waals surface area contributed by atoms with Gasteiger partial charge in [-0.15, -0.1) is 12.4 Å². The van der Waals surface area contributed by atoms with Gasteiger partial charge in [0.1, 0.15) is 5.75 Å². The van der Waals surface area contributed by atoms with E-state index >= 15 is 0 Å². The molecule has 0 aliphatic heterocycles. The quantitative estimate of drug-likeness (QED) is 0.581. The SMILES string of the molecule is CCc1ccc(OCC(=O)Nc2cccc(S(=O)(=O)NCCN)c2)cc1.Cl. The number of ether oxygens (including phenoxy) is 1. The predicted molar refractivity (Wildman–Crippen MR) is 108 cm³/mol. The summed E-state index contributed by atoms with van der Waals surface area (Å²) < 4.78 is 32.0. The molecule has 0 fully saturated rings. The maximum Gasteiger partial charge on any atom is 0.262 e. The molecule has 0 bridgehead atoms. The molecule has 0 aromatic heterocycles. The molecular weight excluding hydrogens is 390 g/mol. The third-order valence-corrected chi connectivity index (χ3v) is 5.02. The van der Waals surface area contributed by atoms with Gasteiger partial charge in [0, 0.05) is 18.8 Å². The first-order chi connectivity index (χ1) is 12.4. The van der Waals surface area contributed by atoms with Crippen molar-refractivity contribution in [3.63, 3.8) is 0 Å². The molecule has 0 heterocycles. The van der Waals surface area contributed by atoms with Gasteiger partial charge in [-0.2, -0.15) is 0 Å². The van der Waals surface area contributed by atoms with Crippen LogP contribution in [0.15, 0.2) is 53.4 Å². The van der Waals surface area contributed by atoms with E-state index in [-0.39, 0.29) is 42.9 Å². The van der Waals surface area contributed by atoms with Gasteiger partial charge in [0.2, 0.25) is 10.0 Å². The van der Waals surface area contributed by atoms with E-state index in [1.165, 1.54) is 17.7 Å². The highest BCUT2D eigenvalue weighted by Crippen LogP contribution is 2.16. The lowest BCUT2D eigenvalue weighted by Crippen LogP contribution is -2.29. The zero-order valence-electron chi connectivity index (χ0n) is 15.0. The second-order valence-electron chi connectivity index (χ2n) is 5.55. The zero-order chi connectivity index (χ0) is 19.0. The fourth-order valence-electron chi connectivity index (χ4n) is 2.18. The van der Waals surface area contributed by atoms with Gasteiger partial charge in [-0.05, 0) is 42.3 Å². The van der Waals surface area contributed by atoms with Crippen molar-refractivity contribution >= 4 is 34.0 Å². The number of benzene rings is 2. The maximum atomic E-state index is 12.1. The van der Waals surface area contributed by atoms with Crippen molar-refractivity contribution in [1.29, 1.82) is 0 Å². The van der Waals surface area contributed by atoms with Gasteiger partial charge in [0.05, 0.1) is 4.90 Å². The highest BCUT2D eigenvalue weighted by molar-refractivity contribution is 7.89. The monoisotopic (exact) mass is 413 g/mol. The van der Waals surface area contributed by atoms with Crippen LogP contribution in [0.2, 0.25) is 0 Å². The van der Waals surface area contributed by atoms with E-state index in [1.807, 2.05) is 24.3 Å². The van der Waals surface area contributed by atoms with Gasteiger partial charge < -0.3 is 15.8 Å². The number of aryl methyl sites for hydroxylation is 1. The number of carbonyl (C=O) groups excluding carboxylic acids is 1. The molecule has 2 rings (SSSR count). The first-order valence-electron chi connectivity index (χ1n) is 8.26. The van der Waals surface area contributed by atoms with Gasteiger partial charge in [0.25, 0.3) is 5.91 Å². The Morgan fingerprint density at radius 3 is 2.48 bits per heavy atom. The lowest BCUT2D eigenvalue weighted by atomic mass is 10.2. The van der Waals surface area contributed by atoms with Crippen molar-refractivity contribution in [3.8, 4) is 5.75 Å². The molecule has 148 valence electrons. The van der Waals surface area contributed by atoms with Crippen molar-refractivity contribution in [2.45, 2.75) is 18.2 Å². The Morgan fingerprint density at radius 1 is 1.15 bits per heavy atom. The molecule has 4 N–H and O–H groups in total. The van der Waals surface area contributed by atoms with Crippen LogP contribution in [0.1, 0.15) is 12.5 Å². The minimum Gasteiger partial charge on any atom is -0.484 e. The van der Waals surface area contributed by atoms with E-state index in [9.17, 15) is 13.2 Å². The van der Waals surface area contributed by atoms with Crippen molar-refractivity contribution in [1.82, 2.24) is 4.72 Å². The van der Waals surface area contributed by atoms with Crippen molar-refractivity contribution < 1.29 is 17.9 Å². The summed E-state index contributed by atoms with van der Waals surface area (Å²) in [7, 11) is -3.66. The Kier molecular flexibility index (Phi) is 9.23. The molecule has 9 heteroatoms. The Morgan fingerprint density at radius 2 is 1.85 bits per heavy atom. The number of hydrogen-bond acceptors (Lipinski definition) is 5. The van der Waals surface area contributed by atoms with Crippen LogP contribution in [0.3, 0.4) is 0 Å². The fourth-order valence-corrected chi connectivity index (χ4v) is 3.28. The van der Waals surface area contributed by atoms with Crippen molar-refractivity contribution in [3.05, 3.63) is 54.1 Å². The van der Waals surface area contributed by atoms with Crippen LogP contribution in [0.25, 0.3) is 0 Å². The van der Waals surface area contributed by atoms with Crippen LogP contribution in [0.4, 0.5) is 5.69 Å². The molecule has 0 saturated heterocycles. The standard InChI is InChI=1S/C18H23N3O4S.ClH/c1-2-14-6-8-16(9-7-14)25-13-18(22)21-15-4-3-5-17(12-15)26(23,24)20-11-10-19;/h3-9,12,20H,2,10-11,13,19H2,1H3,(H,21,22);1H. The minimum atomic E-state index is -3.66. The Labute approximate surface area is 165 Å². The van der Waals surface area contributed by atoms with Gasteiger partial charge in [-0.25, -0.2) is 13.1 Å². The third-order valence-electron chi connectivity index (χ3n) is 3.57. The summed E-state index contributed by atoms with van der Waals surface area (Å²) in [5.74, 6) is 0.216. The number of anilines is 1. The minimum absolute atomic E-state index is 0. The van der Waals surface area contributed by atoms with E-state index in [0.717, 1.165) is 6.42 Å². The summed E-state index contributed by atoms with van der Waals surface area (Å²) in [4.78, 5) is 12.1. The highest BCUT2D eigenvalue weighted by Gasteiger charge is 2.14. The lowest BCUT2D eigenvalue weighted by Gasteiger charge is -2.10. The molecule has 0 aliphatic rings. The maximum absolute atomic E-state index is 12.1. The van der Waals surface area contributed by atoms with Crippen LogP contribution < -0.4 is 20.5 Å². The fraction of sp³-hybridized carbons (Fsp3) is 0.278. The average Bonchev–Trinajstić information content (AvgIpc) is 2.65. The van der Waals surface area contributed by atoms with Crippen LogP contribution in [0.5, 0.6) is 5.75 Å². The summed E-state index contributed by atoms with van der Waals surface area (Å²) in [6.45, 7) is 2.23. The highest BCUT2D eigenvalue weighted by atomic mass is 35.5. The Bertz CT molecular complexity index is 842. The number of sulfonamides is 1. The number of halogens is 1. The van der Waals surface area contributed by atoms with Crippen LogP contribution in [-0.2, 0) is 21.2 Å². The van der Waals surface area contributed by atoms with Gasteiger partial charge in [-0.1, -0.05) is 25.1 Å². The zero-order valence-corrected chi connectivity index (χ0v) is 16.6. The second kappa shape index (κ2) is 10.9. The molecular formula is C18H24ClN3O4S. The predicted octanol–water partition coefficient (Wildman–Crippen LogP) is 1.93. The van der Waals surface area contributed by atoms with E-state index in [1.54, 1.807) is 12.1 Å². The largest absolute Gasteiger partial charge is 0.484 e. The average molecular weight is 414 g/mol. The van der Waals surface area contributed by atoms with E-state index in [0.29, 0.717) is 11.4 Å². The number of nitrogens with two attached hydrogens (primary N) is 1. The molecule has 0 saturated carbocycles. The Balaban J connectivity index is 0.00000364. The molecule has 2 aromatic carbocycles. The third kappa shape index (κ3) is 7.18. The van der Waals surface area contributed by atoms with Crippen molar-refractivity contribution in [2.24, 2.45) is 5.73 Å². The van der Waals surface area contributed by atoms with Gasteiger partial charge in [0.15, 0.2) is 6.61 Å². The number of carbonyl (C=O) groups is 1. The molecule has 0 spiro atoms. The number of nitrogens with one attached hydrogen (secondary N) is 2. The second-order valence-corrected chi connectivity index (χ2v) is 7.32. The smallest absolute Gasteiger partial charge is 0.262 e. The number of amides is 1. The van der Waals surface area contributed by atoms with E-state index in [4.69, 9.17) is 10.5 Å². The molecule has 0 atom stereocenters. The first-order valence-corrected chi connectivity index (χ1v) is 9.74. The van der Waals surface area contributed by atoms with Crippen LogP contribution in [0, 0.1) is 0 Å². The van der Waals surface area contributed by atoms with Gasteiger partial charge >= 0.3 is 0 Å². The van der Waals surface area contributed by atoms with Gasteiger partial charge in [-0.3, -0.25) is 4.79 Å². The summed E-state index contributed by atoms with van der Waals surface area (Å²) in [6, 6.07) is 13.5. The summed E-state index contributed by atoms with van der Waals surface area (Å²) in [5.41, 5.74) is 6.86. The molecule has 27 heavy (non-hydrogen) atoms. The summed E-state index contributed by atoms with van der Waals surface area (Å²) in [6.07, 6.45) is 0.931. The number of hydrogen-bond donors (Lipinski definition) is 3. The van der Waals surface area contributed by atoms with E-state index < -0.39 is 10.0 Å². The van der Waals surface area contributed by atoms with Crippen LogP contribution in [-0.4, -0.2) is 34.0 Å². The molecule has 2 aromatic rings. The molecule has 0 unspecified atom stereocenters. The van der Waals surface area contributed by atoms with Crippen molar-refractivity contribution in [2.75, 3.05) is 25.0 Å². The molecule has 0 radical (unpaired) electrons. The molecule has 1 amide bonds.